The van der Waals surface area contributed by atoms with E-state index in [1.807, 2.05) is 0 Å². The van der Waals surface area contributed by atoms with Crippen LogP contribution < -0.4 is 5.32 Å². The lowest BCUT2D eigenvalue weighted by Crippen LogP contribution is -2.40. The van der Waals surface area contributed by atoms with Crippen molar-refractivity contribution in [2.75, 3.05) is 32.8 Å². The van der Waals surface area contributed by atoms with Crippen molar-refractivity contribution >= 4 is 5.91 Å². The van der Waals surface area contributed by atoms with Gasteiger partial charge in [0.05, 0.1) is 19.3 Å². The number of aliphatic hydroxyl groups is 2. The molecule has 1 amide bonds. The Morgan fingerprint density at radius 2 is 1.81 bits per heavy atom. The molecule has 1 unspecified atom stereocenters. The Morgan fingerprint density at radius 3 is 2.29 bits per heavy atom. The summed E-state index contributed by atoms with van der Waals surface area (Å²) >= 11 is 0. The van der Waals surface area contributed by atoms with E-state index in [1.54, 1.807) is 0 Å². The maximum Gasteiger partial charge on any atom is 0.224 e. The number of carbonyl (C=O) groups excluding carboxylic acids is 1. The van der Waals surface area contributed by atoms with Crippen molar-refractivity contribution in [2.24, 2.45) is 22.7 Å². The number of carbonyl (C=O) groups is 1. The highest BCUT2D eigenvalue weighted by atomic mass is 16.3. The number of amides is 1. The van der Waals surface area contributed by atoms with Crippen LogP contribution in [-0.2, 0) is 4.79 Å². The van der Waals surface area contributed by atoms with E-state index in [4.69, 9.17) is 0 Å². The molecule has 0 spiro atoms. The Morgan fingerprint density at radius 1 is 1.24 bits per heavy atom. The molecule has 2 fully saturated rings. The lowest BCUT2D eigenvalue weighted by Gasteiger charge is -2.24. The van der Waals surface area contributed by atoms with Gasteiger partial charge in [-0.2, -0.15) is 0 Å². The van der Waals surface area contributed by atoms with Gasteiger partial charge in [-0.3, -0.25) is 9.69 Å². The van der Waals surface area contributed by atoms with Crippen molar-refractivity contribution in [1.29, 1.82) is 0 Å². The van der Waals surface area contributed by atoms with Crippen LogP contribution in [0.15, 0.2) is 0 Å². The van der Waals surface area contributed by atoms with Crippen molar-refractivity contribution in [3.63, 3.8) is 0 Å². The topological polar surface area (TPSA) is 72.8 Å². The van der Waals surface area contributed by atoms with E-state index < -0.39 is 0 Å². The Kier molecular flexibility index (Phi) is 4.66. The van der Waals surface area contributed by atoms with E-state index in [1.165, 1.54) is 0 Å². The highest BCUT2D eigenvalue weighted by Crippen LogP contribution is 2.68. The summed E-state index contributed by atoms with van der Waals surface area (Å²) in [6.45, 7) is 11.0. The molecule has 122 valence electrons. The van der Waals surface area contributed by atoms with E-state index in [2.05, 4.69) is 37.9 Å². The van der Waals surface area contributed by atoms with Gasteiger partial charge in [0.25, 0.3) is 0 Å². The number of hydrogen-bond acceptors (Lipinski definition) is 4. The Hall–Kier alpha value is -0.650. The van der Waals surface area contributed by atoms with Gasteiger partial charge in [-0.25, -0.2) is 0 Å². The molecule has 3 N–H and O–H groups in total. The van der Waals surface area contributed by atoms with Gasteiger partial charge in [-0.05, 0) is 29.7 Å². The fraction of sp³-hybridized carbons (Fsp3) is 0.938. The van der Waals surface area contributed by atoms with Crippen molar-refractivity contribution in [3.8, 4) is 0 Å². The minimum Gasteiger partial charge on any atom is -0.395 e. The summed E-state index contributed by atoms with van der Waals surface area (Å²) < 4.78 is 0. The van der Waals surface area contributed by atoms with Crippen LogP contribution in [0.3, 0.4) is 0 Å². The van der Waals surface area contributed by atoms with Gasteiger partial charge in [0.2, 0.25) is 5.91 Å². The van der Waals surface area contributed by atoms with Crippen LogP contribution >= 0.6 is 0 Å². The molecule has 2 rings (SSSR count). The first-order valence-corrected chi connectivity index (χ1v) is 7.99. The number of aliphatic hydroxyl groups excluding tert-OH is 2. The highest BCUT2D eigenvalue weighted by molar-refractivity contribution is 5.84. The summed E-state index contributed by atoms with van der Waals surface area (Å²) in [7, 11) is 0. The average Bonchev–Trinajstić information content (AvgIpc) is 2.75. The zero-order valence-corrected chi connectivity index (χ0v) is 13.7. The van der Waals surface area contributed by atoms with E-state index in [0.717, 1.165) is 19.5 Å². The molecule has 0 bridgehead atoms. The van der Waals surface area contributed by atoms with Crippen LogP contribution in [0.4, 0.5) is 0 Å². The molecule has 1 atom stereocenters. The minimum absolute atomic E-state index is 0.0139. The number of hydrogen-bond donors (Lipinski definition) is 3. The van der Waals surface area contributed by atoms with Crippen molar-refractivity contribution in [2.45, 2.75) is 40.2 Å². The Bertz CT molecular complexity index is 377. The van der Waals surface area contributed by atoms with E-state index in [-0.39, 0.29) is 41.9 Å². The minimum atomic E-state index is -0.160. The van der Waals surface area contributed by atoms with Crippen molar-refractivity contribution in [3.05, 3.63) is 0 Å². The summed E-state index contributed by atoms with van der Waals surface area (Å²) in [5.74, 6) is 0.689. The molecular formula is C16H30N2O3. The maximum atomic E-state index is 12.3. The number of rotatable bonds is 6. The predicted molar refractivity (Wildman–Crippen MR) is 81.7 cm³/mol. The predicted octanol–water partition coefficient (Wildman–Crippen LogP) is 0.460. The standard InChI is InChI=1S/C16H30N2O3/c1-15(2)13(16(15,3)4)14(21)17-7-11-5-6-18(8-11)12(9-19)10-20/h11-13,19-20H,5-10H2,1-4H3,(H,17,21). The van der Waals surface area contributed by atoms with Gasteiger partial charge >= 0.3 is 0 Å². The third kappa shape index (κ3) is 2.96. The summed E-state index contributed by atoms with van der Waals surface area (Å²) in [6, 6.07) is -0.160. The lowest BCUT2D eigenvalue weighted by atomic mass is 10.0. The molecule has 1 aliphatic heterocycles. The largest absolute Gasteiger partial charge is 0.395 e. The average molecular weight is 298 g/mol. The first kappa shape index (κ1) is 16.7. The van der Waals surface area contributed by atoms with Gasteiger partial charge in [0.1, 0.15) is 0 Å². The first-order valence-electron chi connectivity index (χ1n) is 7.99. The van der Waals surface area contributed by atoms with Crippen molar-refractivity contribution in [1.82, 2.24) is 10.2 Å². The molecule has 0 radical (unpaired) electrons. The second-order valence-corrected chi connectivity index (χ2v) is 7.79. The van der Waals surface area contributed by atoms with Crippen LogP contribution in [0.1, 0.15) is 34.1 Å². The molecule has 0 aromatic heterocycles. The summed E-state index contributed by atoms with van der Waals surface area (Å²) in [4.78, 5) is 14.4. The molecule has 1 saturated heterocycles. The Balaban J connectivity index is 1.77. The van der Waals surface area contributed by atoms with E-state index in [0.29, 0.717) is 12.5 Å². The first-order chi connectivity index (χ1) is 9.75. The molecule has 5 heteroatoms. The molecule has 5 nitrogen and oxygen atoms in total. The van der Waals surface area contributed by atoms with Gasteiger partial charge in [0.15, 0.2) is 0 Å². The molecular weight excluding hydrogens is 268 g/mol. The van der Waals surface area contributed by atoms with Gasteiger partial charge in [-0.1, -0.05) is 27.7 Å². The number of likely N-dealkylation sites (tertiary alicyclic amines) is 1. The fourth-order valence-electron chi connectivity index (χ4n) is 3.85. The fourth-order valence-corrected chi connectivity index (χ4v) is 3.85. The third-order valence-electron chi connectivity index (χ3n) is 6.10. The second kappa shape index (κ2) is 5.86. The molecule has 0 aromatic carbocycles. The highest BCUT2D eigenvalue weighted by Gasteiger charge is 2.68. The molecule has 1 aliphatic carbocycles. The van der Waals surface area contributed by atoms with Crippen LogP contribution in [-0.4, -0.2) is 59.9 Å². The third-order valence-corrected chi connectivity index (χ3v) is 6.10. The molecule has 0 aromatic rings. The molecule has 1 saturated carbocycles. The van der Waals surface area contributed by atoms with Crippen LogP contribution in [0.25, 0.3) is 0 Å². The molecule has 21 heavy (non-hydrogen) atoms. The molecule has 2 aliphatic rings. The normalized spacial score (nSPS) is 28.0. The number of nitrogens with one attached hydrogen (secondary N) is 1. The van der Waals surface area contributed by atoms with Crippen molar-refractivity contribution < 1.29 is 15.0 Å². The monoisotopic (exact) mass is 298 g/mol. The second-order valence-electron chi connectivity index (χ2n) is 7.79. The van der Waals surface area contributed by atoms with Crippen LogP contribution in [0.5, 0.6) is 0 Å². The summed E-state index contributed by atoms with van der Waals surface area (Å²) in [5.41, 5.74) is 0.162. The summed E-state index contributed by atoms with van der Waals surface area (Å²) in [6.07, 6.45) is 1.01. The quantitative estimate of drug-likeness (QED) is 0.666. The van der Waals surface area contributed by atoms with E-state index in [9.17, 15) is 15.0 Å². The maximum absolute atomic E-state index is 12.3. The van der Waals surface area contributed by atoms with Gasteiger partial charge in [0, 0.05) is 19.0 Å². The Labute approximate surface area is 127 Å². The van der Waals surface area contributed by atoms with Gasteiger partial charge in [-0.15, -0.1) is 0 Å². The zero-order chi connectivity index (χ0) is 15.8. The zero-order valence-electron chi connectivity index (χ0n) is 13.7. The number of nitrogens with zero attached hydrogens (tertiary/aromatic N) is 1. The molecule has 1 heterocycles. The summed E-state index contributed by atoms with van der Waals surface area (Å²) in [5, 5.41) is 21.5. The van der Waals surface area contributed by atoms with E-state index >= 15 is 0 Å². The smallest absolute Gasteiger partial charge is 0.224 e. The lowest BCUT2D eigenvalue weighted by molar-refractivity contribution is -0.123. The SMILES string of the molecule is CC1(C)C(C(=O)NCC2CCN(C(CO)CO)C2)C1(C)C. The van der Waals surface area contributed by atoms with Gasteiger partial charge < -0.3 is 15.5 Å². The van der Waals surface area contributed by atoms with Crippen LogP contribution in [0.2, 0.25) is 0 Å². The van der Waals surface area contributed by atoms with Crippen LogP contribution in [0, 0.1) is 22.7 Å².